The third kappa shape index (κ3) is 6.02. The van der Waals surface area contributed by atoms with Crippen molar-refractivity contribution in [2.24, 2.45) is 0 Å². The standard InChI is InChI=1S/C18H29N3O2/c1-6-19-16(22)11-21(7-2)12-17(23)20-18-14(5)9-8-10-15(18)13(3)4/h8-10,13H,6-7,11-12H2,1-5H3,(H,19,22)(H,20,23). The number of likely N-dealkylation sites (N-methyl/N-ethyl adjacent to an activating group) is 2. The second kappa shape index (κ2) is 9.30. The molecule has 0 aliphatic carbocycles. The highest BCUT2D eigenvalue weighted by Gasteiger charge is 2.15. The molecule has 0 saturated heterocycles. The molecule has 0 fully saturated rings. The van der Waals surface area contributed by atoms with E-state index in [9.17, 15) is 9.59 Å². The van der Waals surface area contributed by atoms with Crippen LogP contribution in [0.1, 0.15) is 44.7 Å². The van der Waals surface area contributed by atoms with Gasteiger partial charge in [-0.15, -0.1) is 0 Å². The number of aryl methyl sites for hydroxylation is 1. The molecule has 0 radical (unpaired) electrons. The number of para-hydroxylation sites is 1. The molecule has 0 atom stereocenters. The van der Waals surface area contributed by atoms with E-state index >= 15 is 0 Å². The van der Waals surface area contributed by atoms with Gasteiger partial charge in [0.2, 0.25) is 11.8 Å². The zero-order chi connectivity index (χ0) is 17.4. The number of hydrogen-bond donors (Lipinski definition) is 2. The van der Waals surface area contributed by atoms with E-state index in [4.69, 9.17) is 0 Å². The molecule has 2 amide bonds. The van der Waals surface area contributed by atoms with Crippen LogP contribution in [0.25, 0.3) is 0 Å². The lowest BCUT2D eigenvalue weighted by Gasteiger charge is -2.21. The second-order valence-corrected chi connectivity index (χ2v) is 6.00. The second-order valence-electron chi connectivity index (χ2n) is 6.00. The average Bonchev–Trinajstić information content (AvgIpc) is 2.48. The Morgan fingerprint density at radius 2 is 1.78 bits per heavy atom. The van der Waals surface area contributed by atoms with Crippen LogP contribution in [0, 0.1) is 6.92 Å². The number of nitrogens with one attached hydrogen (secondary N) is 2. The first-order chi connectivity index (χ1) is 10.9. The third-order valence-electron chi connectivity index (χ3n) is 3.75. The molecule has 0 saturated carbocycles. The van der Waals surface area contributed by atoms with Gasteiger partial charge in [0.05, 0.1) is 13.1 Å². The third-order valence-corrected chi connectivity index (χ3v) is 3.75. The summed E-state index contributed by atoms with van der Waals surface area (Å²) in [5.74, 6) is 0.191. The predicted octanol–water partition coefficient (Wildman–Crippen LogP) is 2.51. The molecule has 23 heavy (non-hydrogen) atoms. The molecule has 0 bridgehead atoms. The van der Waals surface area contributed by atoms with Crippen molar-refractivity contribution < 1.29 is 9.59 Å². The molecule has 0 heterocycles. The molecule has 1 rings (SSSR count). The van der Waals surface area contributed by atoms with Crippen LogP contribution < -0.4 is 10.6 Å². The Bertz CT molecular complexity index is 541. The van der Waals surface area contributed by atoms with E-state index in [0.717, 1.165) is 16.8 Å². The maximum absolute atomic E-state index is 12.4. The Morgan fingerprint density at radius 1 is 1.13 bits per heavy atom. The minimum absolute atomic E-state index is 0.0547. The molecule has 0 unspecified atom stereocenters. The van der Waals surface area contributed by atoms with Crippen molar-refractivity contribution in [1.29, 1.82) is 0 Å². The number of carbonyl (C=O) groups is 2. The van der Waals surface area contributed by atoms with Crippen molar-refractivity contribution in [2.45, 2.75) is 40.5 Å². The number of hydrogen-bond acceptors (Lipinski definition) is 3. The van der Waals surface area contributed by atoms with Crippen molar-refractivity contribution in [3.8, 4) is 0 Å². The predicted molar refractivity (Wildman–Crippen MR) is 94.7 cm³/mol. The molecular formula is C18H29N3O2. The Morgan fingerprint density at radius 3 is 2.35 bits per heavy atom. The van der Waals surface area contributed by atoms with Crippen LogP contribution in [0.4, 0.5) is 5.69 Å². The molecular weight excluding hydrogens is 290 g/mol. The molecule has 2 N–H and O–H groups in total. The van der Waals surface area contributed by atoms with Crippen molar-refractivity contribution >= 4 is 17.5 Å². The Kier molecular flexibility index (Phi) is 7.75. The largest absolute Gasteiger partial charge is 0.355 e. The molecule has 0 spiro atoms. The average molecular weight is 319 g/mol. The first kappa shape index (κ1) is 19.2. The fraction of sp³-hybridized carbons (Fsp3) is 0.556. The minimum Gasteiger partial charge on any atom is -0.355 e. The number of amides is 2. The monoisotopic (exact) mass is 319 g/mol. The van der Waals surface area contributed by atoms with Crippen LogP contribution in [0.2, 0.25) is 0 Å². The van der Waals surface area contributed by atoms with Crippen LogP contribution in [0.5, 0.6) is 0 Å². The van der Waals surface area contributed by atoms with Gasteiger partial charge in [0.1, 0.15) is 0 Å². The fourth-order valence-electron chi connectivity index (χ4n) is 2.46. The molecule has 0 aromatic heterocycles. The summed E-state index contributed by atoms with van der Waals surface area (Å²) in [6.07, 6.45) is 0. The van der Waals surface area contributed by atoms with Crippen molar-refractivity contribution in [2.75, 3.05) is 31.5 Å². The molecule has 1 aromatic rings. The molecule has 5 heteroatoms. The summed E-state index contributed by atoms with van der Waals surface area (Å²) < 4.78 is 0. The Balaban J connectivity index is 2.74. The van der Waals surface area contributed by atoms with Gasteiger partial charge in [-0.25, -0.2) is 0 Å². The highest BCUT2D eigenvalue weighted by Crippen LogP contribution is 2.27. The lowest BCUT2D eigenvalue weighted by Crippen LogP contribution is -2.41. The lowest BCUT2D eigenvalue weighted by atomic mass is 9.98. The van der Waals surface area contributed by atoms with E-state index in [1.807, 2.05) is 43.9 Å². The summed E-state index contributed by atoms with van der Waals surface area (Å²) >= 11 is 0. The number of nitrogens with zero attached hydrogens (tertiary/aromatic N) is 1. The zero-order valence-electron chi connectivity index (χ0n) is 14.9. The summed E-state index contributed by atoms with van der Waals surface area (Å²) in [6.45, 7) is 11.7. The SMILES string of the molecule is CCNC(=O)CN(CC)CC(=O)Nc1c(C)cccc1C(C)C. The summed E-state index contributed by atoms with van der Waals surface area (Å²) in [4.78, 5) is 25.9. The van der Waals surface area contributed by atoms with Gasteiger partial charge >= 0.3 is 0 Å². The maximum atomic E-state index is 12.4. The smallest absolute Gasteiger partial charge is 0.238 e. The first-order valence-electron chi connectivity index (χ1n) is 8.27. The van der Waals surface area contributed by atoms with Gasteiger partial charge in [0.25, 0.3) is 0 Å². The van der Waals surface area contributed by atoms with Crippen molar-refractivity contribution in [3.05, 3.63) is 29.3 Å². The molecule has 5 nitrogen and oxygen atoms in total. The lowest BCUT2D eigenvalue weighted by molar-refractivity contribution is -0.123. The number of rotatable bonds is 8. The molecule has 0 aliphatic rings. The summed E-state index contributed by atoms with van der Waals surface area (Å²) in [5, 5.41) is 5.77. The van der Waals surface area contributed by atoms with E-state index in [1.165, 1.54) is 0 Å². The summed E-state index contributed by atoms with van der Waals surface area (Å²) in [7, 11) is 0. The molecule has 1 aromatic carbocycles. The number of carbonyl (C=O) groups excluding carboxylic acids is 2. The van der Waals surface area contributed by atoms with Gasteiger partial charge in [0, 0.05) is 12.2 Å². The first-order valence-corrected chi connectivity index (χ1v) is 8.27. The van der Waals surface area contributed by atoms with E-state index in [-0.39, 0.29) is 24.9 Å². The maximum Gasteiger partial charge on any atom is 0.238 e. The van der Waals surface area contributed by atoms with Crippen LogP contribution in [-0.4, -0.2) is 42.9 Å². The minimum atomic E-state index is -0.0904. The number of anilines is 1. The van der Waals surface area contributed by atoms with Crippen LogP contribution in [-0.2, 0) is 9.59 Å². The van der Waals surface area contributed by atoms with Crippen LogP contribution in [0.15, 0.2) is 18.2 Å². The Labute approximate surface area is 139 Å². The number of benzene rings is 1. The van der Waals surface area contributed by atoms with E-state index in [2.05, 4.69) is 24.5 Å². The van der Waals surface area contributed by atoms with Crippen LogP contribution >= 0.6 is 0 Å². The zero-order valence-corrected chi connectivity index (χ0v) is 14.9. The van der Waals surface area contributed by atoms with E-state index in [0.29, 0.717) is 19.0 Å². The summed E-state index contributed by atoms with van der Waals surface area (Å²) in [5.41, 5.74) is 3.07. The van der Waals surface area contributed by atoms with Gasteiger partial charge in [-0.3, -0.25) is 14.5 Å². The fourth-order valence-corrected chi connectivity index (χ4v) is 2.46. The molecule has 0 aliphatic heterocycles. The van der Waals surface area contributed by atoms with Gasteiger partial charge in [-0.05, 0) is 37.4 Å². The Hall–Kier alpha value is -1.88. The van der Waals surface area contributed by atoms with Crippen molar-refractivity contribution in [1.82, 2.24) is 10.2 Å². The molecule has 128 valence electrons. The van der Waals surface area contributed by atoms with Gasteiger partial charge in [-0.2, -0.15) is 0 Å². The van der Waals surface area contributed by atoms with Gasteiger partial charge in [0.15, 0.2) is 0 Å². The van der Waals surface area contributed by atoms with Gasteiger partial charge in [-0.1, -0.05) is 39.0 Å². The van der Waals surface area contributed by atoms with Gasteiger partial charge < -0.3 is 10.6 Å². The van der Waals surface area contributed by atoms with Crippen molar-refractivity contribution in [3.63, 3.8) is 0 Å². The highest BCUT2D eigenvalue weighted by atomic mass is 16.2. The van der Waals surface area contributed by atoms with Crippen LogP contribution in [0.3, 0.4) is 0 Å². The summed E-state index contributed by atoms with van der Waals surface area (Å²) in [6, 6.07) is 6.04. The quantitative estimate of drug-likeness (QED) is 0.774. The van der Waals surface area contributed by atoms with E-state index < -0.39 is 0 Å². The topological polar surface area (TPSA) is 61.4 Å². The highest BCUT2D eigenvalue weighted by molar-refractivity contribution is 5.94. The van der Waals surface area contributed by atoms with E-state index in [1.54, 1.807) is 0 Å². The normalized spacial score (nSPS) is 10.9.